The third-order valence-corrected chi connectivity index (χ3v) is 3.11. The molecule has 4 heteroatoms. The van der Waals surface area contributed by atoms with Gasteiger partial charge in [-0.05, 0) is 13.8 Å². The molecular weight excluding hydrogens is 184 g/mol. The molecule has 0 aromatic rings. The molecule has 0 spiro atoms. The van der Waals surface area contributed by atoms with Crippen LogP contribution in [0, 0.1) is 0 Å². The van der Waals surface area contributed by atoms with Crippen LogP contribution in [-0.4, -0.2) is 41.4 Å². The lowest BCUT2D eigenvalue weighted by atomic mass is 10.5. The van der Waals surface area contributed by atoms with E-state index in [0.29, 0.717) is 17.5 Å². The quantitative estimate of drug-likeness (QED) is 0.700. The molecule has 0 saturated carbocycles. The molecule has 1 unspecified atom stereocenters. The van der Waals surface area contributed by atoms with Gasteiger partial charge in [0.1, 0.15) is 0 Å². The van der Waals surface area contributed by atoms with Gasteiger partial charge in [-0.1, -0.05) is 6.92 Å². The third kappa shape index (κ3) is 5.16. The van der Waals surface area contributed by atoms with Gasteiger partial charge in [-0.15, -0.1) is 11.8 Å². The fourth-order valence-electron chi connectivity index (χ4n) is 0.949. The normalized spacial score (nSPS) is 12.6. The Labute approximate surface area is 85.0 Å². The molecule has 0 aromatic carbocycles. The van der Waals surface area contributed by atoms with Crippen molar-refractivity contribution in [2.24, 2.45) is 5.73 Å². The summed E-state index contributed by atoms with van der Waals surface area (Å²) in [4.78, 5) is 13.3. The number of nitrogens with two attached hydrogens (primary N) is 1. The first kappa shape index (κ1) is 12.8. The molecule has 3 nitrogen and oxygen atoms in total. The van der Waals surface area contributed by atoms with E-state index in [4.69, 9.17) is 5.73 Å². The highest BCUT2D eigenvalue weighted by Crippen LogP contribution is 2.09. The van der Waals surface area contributed by atoms with E-state index in [9.17, 15) is 4.79 Å². The molecule has 0 fully saturated rings. The largest absolute Gasteiger partial charge is 0.343 e. The first-order chi connectivity index (χ1) is 6.15. The zero-order valence-corrected chi connectivity index (χ0v) is 9.56. The van der Waals surface area contributed by atoms with Crippen molar-refractivity contribution < 1.29 is 4.79 Å². The predicted octanol–water partition coefficient (Wildman–Crippen LogP) is 0.935. The van der Waals surface area contributed by atoms with Crippen molar-refractivity contribution in [3.8, 4) is 0 Å². The Kier molecular flexibility index (Phi) is 7.09. The second kappa shape index (κ2) is 7.21. The topological polar surface area (TPSA) is 46.3 Å². The van der Waals surface area contributed by atoms with Gasteiger partial charge >= 0.3 is 0 Å². The molecular formula is C9H20N2OS. The summed E-state index contributed by atoms with van der Waals surface area (Å²) in [6, 6.07) is 0. The maximum atomic E-state index is 11.5. The van der Waals surface area contributed by atoms with E-state index in [1.54, 1.807) is 11.8 Å². The van der Waals surface area contributed by atoms with Gasteiger partial charge in [-0.2, -0.15) is 0 Å². The molecule has 1 atom stereocenters. The number of carbonyl (C=O) groups excluding carboxylic acids is 1. The lowest BCUT2D eigenvalue weighted by Crippen LogP contribution is -2.32. The predicted molar refractivity (Wildman–Crippen MR) is 58.9 cm³/mol. The van der Waals surface area contributed by atoms with Gasteiger partial charge in [-0.3, -0.25) is 4.79 Å². The van der Waals surface area contributed by atoms with Crippen molar-refractivity contribution in [3.63, 3.8) is 0 Å². The summed E-state index contributed by atoms with van der Waals surface area (Å²) in [6.45, 7) is 8.27. The van der Waals surface area contributed by atoms with Gasteiger partial charge in [0.2, 0.25) is 5.91 Å². The average Bonchev–Trinajstić information content (AvgIpc) is 2.16. The molecule has 0 saturated heterocycles. The molecule has 1 amide bonds. The third-order valence-electron chi connectivity index (χ3n) is 1.94. The Morgan fingerprint density at radius 2 is 2.00 bits per heavy atom. The number of nitrogens with zero attached hydrogens (tertiary/aromatic N) is 1. The van der Waals surface area contributed by atoms with Crippen LogP contribution in [-0.2, 0) is 4.79 Å². The fourth-order valence-corrected chi connectivity index (χ4v) is 1.69. The van der Waals surface area contributed by atoms with E-state index in [1.165, 1.54) is 0 Å². The summed E-state index contributed by atoms with van der Waals surface area (Å²) in [5, 5.41) is 0.375. The van der Waals surface area contributed by atoms with Gasteiger partial charge < -0.3 is 10.6 Å². The van der Waals surface area contributed by atoms with Gasteiger partial charge in [0.25, 0.3) is 0 Å². The molecule has 0 aliphatic carbocycles. The zero-order valence-electron chi connectivity index (χ0n) is 8.75. The number of rotatable bonds is 6. The van der Waals surface area contributed by atoms with Crippen molar-refractivity contribution in [3.05, 3.63) is 0 Å². The highest BCUT2D eigenvalue weighted by atomic mass is 32.2. The van der Waals surface area contributed by atoms with Crippen LogP contribution in [0.1, 0.15) is 20.8 Å². The minimum absolute atomic E-state index is 0.218. The van der Waals surface area contributed by atoms with Crippen LogP contribution in [0.15, 0.2) is 0 Å². The van der Waals surface area contributed by atoms with Gasteiger partial charge in [0.05, 0.1) is 5.75 Å². The van der Waals surface area contributed by atoms with E-state index in [0.717, 1.165) is 13.1 Å². The van der Waals surface area contributed by atoms with E-state index < -0.39 is 0 Å². The fraction of sp³-hybridized carbons (Fsp3) is 0.889. The van der Waals surface area contributed by atoms with Gasteiger partial charge in [-0.25, -0.2) is 0 Å². The molecule has 0 radical (unpaired) electrons. The molecule has 0 rings (SSSR count). The van der Waals surface area contributed by atoms with E-state index in [2.05, 4.69) is 0 Å². The summed E-state index contributed by atoms with van der Waals surface area (Å²) in [5.74, 6) is 0.773. The maximum Gasteiger partial charge on any atom is 0.232 e. The molecule has 0 aromatic heterocycles. The van der Waals surface area contributed by atoms with E-state index in [-0.39, 0.29) is 5.91 Å². The summed E-state index contributed by atoms with van der Waals surface area (Å²) >= 11 is 1.63. The standard InChI is InChI=1S/C9H20N2OS/c1-4-11(5-2)9(12)7-13-8(3)6-10/h8H,4-7,10H2,1-3H3. The monoisotopic (exact) mass is 204 g/mol. The van der Waals surface area contributed by atoms with Crippen molar-refractivity contribution in [2.45, 2.75) is 26.0 Å². The Morgan fingerprint density at radius 1 is 1.46 bits per heavy atom. The van der Waals surface area contributed by atoms with Crippen LogP contribution in [0.4, 0.5) is 0 Å². The SMILES string of the molecule is CCN(CC)C(=O)CSC(C)CN. The van der Waals surface area contributed by atoms with Gasteiger partial charge in [0.15, 0.2) is 0 Å². The molecule has 2 N–H and O–H groups in total. The average molecular weight is 204 g/mol. The summed E-state index contributed by atoms with van der Waals surface area (Å²) in [5.41, 5.74) is 5.45. The number of carbonyl (C=O) groups is 1. The first-order valence-electron chi connectivity index (χ1n) is 4.75. The first-order valence-corrected chi connectivity index (χ1v) is 5.79. The Balaban J connectivity index is 3.72. The smallest absolute Gasteiger partial charge is 0.232 e. The Morgan fingerprint density at radius 3 is 2.38 bits per heavy atom. The van der Waals surface area contributed by atoms with Crippen molar-refractivity contribution in [1.29, 1.82) is 0 Å². The highest BCUT2D eigenvalue weighted by Gasteiger charge is 2.10. The van der Waals surface area contributed by atoms with Gasteiger partial charge in [0, 0.05) is 24.9 Å². The Hall–Kier alpha value is -0.220. The maximum absolute atomic E-state index is 11.5. The van der Waals surface area contributed by atoms with Crippen LogP contribution < -0.4 is 5.73 Å². The highest BCUT2D eigenvalue weighted by molar-refractivity contribution is 8.00. The van der Waals surface area contributed by atoms with Crippen LogP contribution in [0.5, 0.6) is 0 Å². The van der Waals surface area contributed by atoms with E-state index >= 15 is 0 Å². The second-order valence-electron chi connectivity index (χ2n) is 2.92. The van der Waals surface area contributed by atoms with Crippen LogP contribution in [0.25, 0.3) is 0 Å². The second-order valence-corrected chi connectivity index (χ2v) is 4.35. The molecule has 0 heterocycles. The molecule has 0 bridgehead atoms. The summed E-state index contributed by atoms with van der Waals surface area (Å²) in [7, 11) is 0. The summed E-state index contributed by atoms with van der Waals surface area (Å²) in [6.07, 6.45) is 0. The lowest BCUT2D eigenvalue weighted by molar-refractivity contribution is -0.127. The number of hydrogen-bond acceptors (Lipinski definition) is 3. The van der Waals surface area contributed by atoms with E-state index in [1.807, 2.05) is 25.7 Å². The molecule has 13 heavy (non-hydrogen) atoms. The zero-order chi connectivity index (χ0) is 10.3. The number of hydrogen-bond donors (Lipinski definition) is 1. The molecule has 0 aliphatic rings. The van der Waals surface area contributed by atoms with Crippen LogP contribution in [0.3, 0.4) is 0 Å². The van der Waals surface area contributed by atoms with Crippen molar-refractivity contribution in [2.75, 3.05) is 25.4 Å². The van der Waals surface area contributed by atoms with Crippen LogP contribution >= 0.6 is 11.8 Å². The lowest BCUT2D eigenvalue weighted by Gasteiger charge is -2.19. The summed E-state index contributed by atoms with van der Waals surface area (Å²) < 4.78 is 0. The minimum Gasteiger partial charge on any atom is -0.343 e. The Bertz CT molecular complexity index is 149. The number of amides is 1. The molecule has 0 aliphatic heterocycles. The molecule has 78 valence electrons. The van der Waals surface area contributed by atoms with Crippen molar-refractivity contribution in [1.82, 2.24) is 4.90 Å². The number of thioether (sulfide) groups is 1. The minimum atomic E-state index is 0.218. The van der Waals surface area contributed by atoms with Crippen LogP contribution in [0.2, 0.25) is 0 Å². The van der Waals surface area contributed by atoms with Crippen molar-refractivity contribution >= 4 is 17.7 Å².